The first-order valence-corrected chi connectivity index (χ1v) is 17.2. The van der Waals surface area contributed by atoms with E-state index in [1.54, 1.807) is 24.3 Å². The van der Waals surface area contributed by atoms with Crippen LogP contribution in [0.25, 0.3) is 10.9 Å². The van der Waals surface area contributed by atoms with E-state index in [0.717, 1.165) is 68.2 Å². The van der Waals surface area contributed by atoms with Gasteiger partial charge in [-0.3, -0.25) is 9.59 Å². The molecule has 46 heavy (non-hydrogen) atoms. The van der Waals surface area contributed by atoms with Crippen molar-refractivity contribution in [1.82, 2.24) is 20.5 Å². The molecule has 9 nitrogen and oxygen atoms in total. The predicted octanol–water partition coefficient (Wildman–Crippen LogP) is 7.01. The molecule has 3 aromatic rings. The van der Waals surface area contributed by atoms with Crippen LogP contribution in [0, 0.1) is 0 Å². The van der Waals surface area contributed by atoms with Gasteiger partial charge in [0.05, 0.1) is 24.3 Å². The van der Waals surface area contributed by atoms with Crippen molar-refractivity contribution in [1.29, 1.82) is 0 Å². The van der Waals surface area contributed by atoms with Gasteiger partial charge in [0, 0.05) is 37.5 Å². The summed E-state index contributed by atoms with van der Waals surface area (Å²) < 4.78 is 11.8. The van der Waals surface area contributed by atoms with Gasteiger partial charge in [-0.05, 0) is 62.5 Å². The van der Waals surface area contributed by atoms with Crippen molar-refractivity contribution in [2.24, 2.45) is 0 Å². The molecule has 0 atom stereocenters. The van der Waals surface area contributed by atoms with Gasteiger partial charge in [0.1, 0.15) is 0 Å². The summed E-state index contributed by atoms with van der Waals surface area (Å²) >= 11 is 0. The fourth-order valence-electron chi connectivity index (χ4n) is 5.25. The standard InChI is InChI=1S/C37H54N4O5/c1-4-7-8-9-10-12-19-35(43)39-28-29-20-21-33(42)34(26-29)45-24-15-11-16-25-46-36-27-31(30-17-13-14-18-32(30)40-36)37(44)38-22-23-41(5-2)6-3/h13-14,17-18,20-21,26-27,42H,4-12,15-16,19,22-25,28H2,1-3H3,(H,38,44)(H,39,43). The van der Waals surface area contributed by atoms with Gasteiger partial charge in [0.25, 0.3) is 5.91 Å². The second-order valence-electron chi connectivity index (χ2n) is 11.7. The Hall–Kier alpha value is -3.85. The van der Waals surface area contributed by atoms with Crippen LogP contribution in [-0.4, -0.2) is 66.2 Å². The van der Waals surface area contributed by atoms with Crippen LogP contribution in [0.5, 0.6) is 17.4 Å². The molecule has 0 bridgehead atoms. The number of carbonyl (C=O) groups is 2. The molecule has 2 amide bonds. The molecular weight excluding hydrogens is 580 g/mol. The maximum atomic E-state index is 13.1. The Labute approximate surface area is 275 Å². The van der Waals surface area contributed by atoms with Crippen LogP contribution in [0.1, 0.15) is 101 Å². The van der Waals surface area contributed by atoms with Crippen molar-refractivity contribution in [2.45, 2.75) is 91.5 Å². The number of fused-ring (bicyclic) bond motifs is 1. The van der Waals surface area contributed by atoms with E-state index >= 15 is 0 Å². The quantitative estimate of drug-likeness (QED) is 0.0963. The second kappa shape index (κ2) is 21.0. The second-order valence-corrected chi connectivity index (χ2v) is 11.7. The third kappa shape index (κ3) is 12.9. The smallest absolute Gasteiger partial charge is 0.252 e. The van der Waals surface area contributed by atoms with Gasteiger partial charge < -0.3 is 30.1 Å². The average molecular weight is 635 g/mol. The minimum Gasteiger partial charge on any atom is -0.504 e. The lowest BCUT2D eigenvalue weighted by atomic mass is 10.1. The summed E-state index contributed by atoms with van der Waals surface area (Å²) in [6.45, 7) is 11.0. The van der Waals surface area contributed by atoms with Crippen molar-refractivity contribution in [3.63, 3.8) is 0 Å². The first-order valence-electron chi connectivity index (χ1n) is 17.2. The number of likely N-dealkylation sites (N-methyl/N-ethyl adjacent to an activating group) is 1. The molecule has 1 aromatic heterocycles. The van der Waals surface area contributed by atoms with E-state index in [4.69, 9.17) is 9.47 Å². The summed E-state index contributed by atoms with van der Waals surface area (Å²) in [4.78, 5) is 32.1. The van der Waals surface area contributed by atoms with E-state index < -0.39 is 0 Å². The van der Waals surface area contributed by atoms with Crippen LogP contribution < -0.4 is 20.1 Å². The van der Waals surface area contributed by atoms with E-state index in [2.05, 4.69) is 41.3 Å². The lowest BCUT2D eigenvalue weighted by Crippen LogP contribution is -2.34. The highest BCUT2D eigenvalue weighted by atomic mass is 16.5. The maximum absolute atomic E-state index is 13.1. The third-order valence-electron chi connectivity index (χ3n) is 8.11. The van der Waals surface area contributed by atoms with Crippen molar-refractivity contribution in [3.8, 4) is 17.4 Å². The van der Waals surface area contributed by atoms with E-state index in [1.807, 2.05) is 24.3 Å². The van der Waals surface area contributed by atoms with E-state index in [9.17, 15) is 14.7 Å². The number of nitrogens with zero attached hydrogens (tertiary/aromatic N) is 2. The zero-order valence-corrected chi connectivity index (χ0v) is 28.1. The first-order chi connectivity index (χ1) is 22.4. The molecule has 252 valence electrons. The summed E-state index contributed by atoms with van der Waals surface area (Å²) in [6.07, 6.45) is 9.90. The zero-order chi connectivity index (χ0) is 33.0. The number of ether oxygens (including phenoxy) is 2. The van der Waals surface area contributed by atoms with Gasteiger partial charge >= 0.3 is 0 Å². The fourth-order valence-corrected chi connectivity index (χ4v) is 5.25. The van der Waals surface area contributed by atoms with E-state index in [1.165, 1.54) is 25.7 Å². The molecule has 0 aliphatic carbocycles. The summed E-state index contributed by atoms with van der Waals surface area (Å²) in [5.41, 5.74) is 2.17. The molecular formula is C37H54N4O5. The number of phenolic OH excluding ortho intramolecular Hbond substituents is 1. The maximum Gasteiger partial charge on any atom is 0.252 e. The van der Waals surface area contributed by atoms with Crippen molar-refractivity contribution in [3.05, 3.63) is 59.7 Å². The molecule has 3 N–H and O–H groups in total. The van der Waals surface area contributed by atoms with E-state index in [-0.39, 0.29) is 17.6 Å². The Kier molecular flexibility index (Phi) is 16.7. The number of carbonyl (C=O) groups excluding carboxylic acids is 2. The van der Waals surface area contributed by atoms with Crippen molar-refractivity contribution < 1.29 is 24.2 Å². The van der Waals surface area contributed by atoms with Crippen LogP contribution in [0.2, 0.25) is 0 Å². The van der Waals surface area contributed by atoms with Gasteiger partial charge in [0.15, 0.2) is 11.5 Å². The van der Waals surface area contributed by atoms with Gasteiger partial charge in [0.2, 0.25) is 11.8 Å². The number of hydrogen-bond donors (Lipinski definition) is 3. The fraction of sp³-hybridized carbons (Fsp3) is 0.541. The number of nitrogens with one attached hydrogen (secondary N) is 2. The molecule has 3 rings (SSSR count). The predicted molar refractivity (Wildman–Crippen MR) is 185 cm³/mol. The number of aromatic hydroxyl groups is 1. The Morgan fingerprint density at radius 3 is 2.33 bits per heavy atom. The molecule has 2 aromatic carbocycles. The van der Waals surface area contributed by atoms with Crippen LogP contribution >= 0.6 is 0 Å². The monoisotopic (exact) mass is 634 g/mol. The molecule has 0 radical (unpaired) electrons. The molecule has 0 aliphatic heterocycles. The van der Waals surface area contributed by atoms with Crippen LogP contribution in [0.15, 0.2) is 48.5 Å². The molecule has 0 unspecified atom stereocenters. The van der Waals surface area contributed by atoms with E-state index in [0.29, 0.717) is 49.9 Å². The number of para-hydroxylation sites is 1. The van der Waals surface area contributed by atoms with Crippen LogP contribution in [0.4, 0.5) is 0 Å². The van der Waals surface area contributed by atoms with Gasteiger partial charge in [-0.1, -0.05) is 77.1 Å². The average Bonchev–Trinajstić information content (AvgIpc) is 3.07. The van der Waals surface area contributed by atoms with Crippen LogP contribution in [-0.2, 0) is 11.3 Å². The number of pyridine rings is 1. The minimum atomic E-state index is -0.129. The van der Waals surface area contributed by atoms with Crippen molar-refractivity contribution in [2.75, 3.05) is 39.4 Å². The SMILES string of the molecule is CCCCCCCCC(=O)NCc1ccc(O)c(OCCCCCOc2cc(C(=O)NCCN(CC)CC)c3ccccc3n2)c1. The minimum absolute atomic E-state index is 0.0532. The number of benzene rings is 2. The van der Waals surface area contributed by atoms with Gasteiger partial charge in [-0.15, -0.1) is 0 Å². The first kappa shape index (κ1) is 36.6. The number of aromatic nitrogens is 1. The Balaban J connectivity index is 1.38. The number of rotatable bonds is 23. The number of amides is 2. The van der Waals surface area contributed by atoms with Crippen LogP contribution in [0.3, 0.4) is 0 Å². The summed E-state index contributed by atoms with van der Waals surface area (Å²) in [5.74, 6) is 0.862. The highest BCUT2D eigenvalue weighted by Crippen LogP contribution is 2.27. The van der Waals surface area contributed by atoms with Gasteiger partial charge in [-0.25, -0.2) is 4.98 Å². The summed E-state index contributed by atoms with van der Waals surface area (Å²) in [5, 5.41) is 17.1. The number of phenols is 1. The Bertz CT molecular complexity index is 1340. The molecule has 0 aliphatic rings. The molecule has 0 saturated heterocycles. The number of hydrogen-bond acceptors (Lipinski definition) is 7. The lowest BCUT2D eigenvalue weighted by Gasteiger charge is -2.18. The highest BCUT2D eigenvalue weighted by Gasteiger charge is 2.14. The molecule has 1 heterocycles. The zero-order valence-electron chi connectivity index (χ0n) is 28.1. The molecule has 0 saturated carbocycles. The summed E-state index contributed by atoms with van der Waals surface area (Å²) in [6, 6.07) is 14.5. The topological polar surface area (TPSA) is 113 Å². The molecule has 9 heteroatoms. The normalized spacial score (nSPS) is 11.1. The Morgan fingerprint density at radius 2 is 1.54 bits per heavy atom. The molecule has 0 fully saturated rings. The lowest BCUT2D eigenvalue weighted by molar-refractivity contribution is -0.121. The molecule has 0 spiro atoms. The van der Waals surface area contributed by atoms with Crippen molar-refractivity contribution >= 4 is 22.7 Å². The largest absolute Gasteiger partial charge is 0.504 e. The van der Waals surface area contributed by atoms with Gasteiger partial charge in [-0.2, -0.15) is 0 Å². The Morgan fingerprint density at radius 1 is 0.826 bits per heavy atom. The highest BCUT2D eigenvalue weighted by molar-refractivity contribution is 6.06. The number of unbranched alkanes of at least 4 members (excludes halogenated alkanes) is 7. The summed E-state index contributed by atoms with van der Waals surface area (Å²) in [7, 11) is 0. The third-order valence-corrected chi connectivity index (χ3v) is 8.11.